The third-order valence-corrected chi connectivity index (χ3v) is 3.66. The molecule has 2 rings (SSSR count). The van der Waals surface area contributed by atoms with Crippen molar-refractivity contribution in [3.8, 4) is 0 Å². The number of benzene rings is 1. The van der Waals surface area contributed by atoms with Crippen LogP contribution in [0.2, 0.25) is 0 Å². The first-order chi connectivity index (χ1) is 9.16. The molecule has 0 unspecified atom stereocenters. The largest absolute Gasteiger partial charge is 0.398 e. The minimum absolute atomic E-state index is 0.141. The van der Waals surface area contributed by atoms with Crippen molar-refractivity contribution >= 4 is 29.3 Å². The number of amides is 1. The fourth-order valence-corrected chi connectivity index (χ4v) is 2.32. The third kappa shape index (κ3) is 3.69. The summed E-state index contributed by atoms with van der Waals surface area (Å²) in [7, 11) is 0. The van der Waals surface area contributed by atoms with Crippen molar-refractivity contribution in [3.63, 3.8) is 0 Å². The van der Waals surface area contributed by atoms with E-state index in [4.69, 9.17) is 5.73 Å². The van der Waals surface area contributed by atoms with Crippen molar-refractivity contribution in [2.24, 2.45) is 0 Å². The SMILES string of the molecule is Cc1c(N)cccc1SCC(=O)Nc1ncccn1. The number of rotatable bonds is 4. The van der Waals surface area contributed by atoms with Gasteiger partial charge in [0.15, 0.2) is 0 Å². The van der Waals surface area contributed by atoms with Crippen molar-refractivity contribution in [1.82, 2.24) is 9.97 Å². The summed E-state index contributed by atoms with van der Waals surface area (Å²) in [5.74, 6) is 0.471. The van der Waals surface area contributed by atoms with Gasteiger partial charge >= 0.3 is 0 Å². The molecule has 3 N–H and O–H groups in total. The van der Waals surface area contributed by atoms with Gasteiger partial charge in [-0.25, -0.2) is 9.97 Å². The molecular formula is C13H14N4OS. The summed E-state index contributed by atoms with van der Waals surface area (Å²) in [5, 5.41) is 2.63. The van der Waals surface area contributed by atoms with E-state index >= 15 is 0 Å². The Bertz CT molecular complexity index is 574. The van der Waals surface area contributed by atoms with Gasteiger partial charge in [0.1, 0.15) is 0 Å². The summed E-state index contributed by atoms with van der Waals surface area (Å²) < 4.78 is 0. The Morgan fingerprint density at radius 1 is 1.32 bits per heavy atom. The number of hydrogen-bond donors (Lipinski definition) is 2. The maximum Gasteiger partial charge on any atom is 0.237 e. The standard InChI is InChI=1S/C13H14N4OS/c1-9-10(14)4-2-5-11(9)19-8-12(18)17-13-15-6-3-7-16-13/h2-7H,8,14H2,1H3,(H,15,16,17,18). The molecule has 0 aliphatic carbocycles. The van der Waals surface area contributed by atoms with Gasteiger partial charge in [0.05, 0.1) is 5.75 Å². The molecule has 1 aromatic heterocycles. The quantitative estimate of drug-likeness (QED) is 0.659. The van der Waals surface area contributed by atoms with Crippen LogP contribution in [0.3, 0.4) is 0 Å². The molecule has 1 aromatic carbocycles. The zero-order chi connectivity index (χ0) is 13.7. The van der Waals surface area contributed by atoms with Crippen LogP contribution in [0.15, 0.2) is 41.6 Å². The van der Waals surface area contributed by atoms with Gasteiger partial charge in [-0.15, -0.1) is 11.8 Å². The zero-order valence-electron chi connectivity index (χ0n) is 10.5. The van der Waals surface area contributed by atoms with Crippen molar-refractivity contribution in [2.45, 2.75) is 11.8 Å². The monoisotopic (exact) mass is 274 g/mol. The van der Waals surface area contributed by atoms with Crippen LogP contribution in [-0.4, -0.2) is 21.6 Å². The predicted octanol–water partition coefficient (Wildman–Crippen LogP) is 2.10. The van der Waals surface area contributed by atoms with Crippen LogP contribution in [0.5, 0.6) is 0 Å². The Balaban J connectivity index is 1.92. The number of carbonyl (C=O) groups excluding carboxylic acids is 1. The fraction of sp³-hybridized carbons (Fsp3) is 0.154. The summed E-state index contributed by atoms with van der Waals surface area (Å²) in [4.78, 5) is 20.6. The molecule has 0 saturated heterocycles. The molecule has 0 saturated carbocycles. The summed E-state index contributed by atoms with van der Waals surface area (Å²) in [6.07, 6.45) is 3.16. The Kier molecular flexibility index (Phi) is 4.35. The van der Waals surface area contributed by atoms with Gasteiger partial charge in [0.25, 0.3) is 0 Å². The maximum atomic E-state index is 11.7. The van der Waals surface area contributed by atoms with Crippen LogP contribution in [0.1, 0.15) is 5.56 Å². The zero-order valence-corrected chi connectivity index (χ0v) is 11.3. The summed E-state index contributed by atoms with van der Waals surface area (Å²) in [6, 6.07) is 7.36. The number of nitrogens with one attached hydrogen (secondary N) is 1. The van der Waals surface area contributed by atoms with E-state index in [0.717, 1.165) is 16.1 Å². The number of anilines is 2. The van der Waals surface area contributed by atoms with Crippen LogP contribution >= 0.6 is 11.8 Å². The highest BCUT2D eigenvalue weighted by atomic mass is 32.2. The Labute approximate surface area is 115 Å². The van der Waals surface area contributed by atoms with Gasteiger partial charge in [-0.2, -0.15) is 0 Å². The van der Waals surface area contributed by atoms with Gasteiger partial charge in [0, 0.05) is 23.0 Å². The first kappa shape index (κ1) is 13.4. The maximum absolute atomic E-state index is 11.7. The van der Waals surface area contributed by atoms with E-state index in [9.17, 15) is 4.79 Å². The van der Waals surface area contributed by atoms with Crippen molar-refractivity contribution < 1.29 is 4.79 Å². The molecule has 98 valence electrons. The van der Waals surface area contributed by atoms with E-state index < -0.39 is 0 Å². The number of carbonyl (C=O) groups is 1. The first-order valence-electron chi connectivity index (χ1n) is 5.71. The number of thioether (sulfide) groups is 1. The van der Waals surface area contributed by atoms with Gasteiger partial charge in [-0.3, -0.25) is 10.1 Å². The first-order valence-corrected chi connectivity index (χ1v) is 6.70. The predicted molar refractivity (Wildman–Crippen MR) is 77.0 cm³/mol. The second-order valence-electron chi connectivity index (χ2n) is 3.88. The molecule has 0 radical (unpaired) electrons. The van der Waals surface area contributed by atoms with Crippen LogP contribution in [0.4, 0.5) is 11.6 Å². The minimum atomic E-state index is -0.141. The summed E-state index contributed by atoms with van der Waals surface area (Å²) in [5.41, 5.74) is 7.55. The van der Waals surface area contributed by atoms with Crippen molar-refractivity contribution in [2.75, 3.05) is 16.8 Å². The van der Waals surface area contributed by atoms with E-state index in [1.54, 1.807) is 18.5 Å². The number of nitrogen functional groups attached to an aromatic ring is 1. The van der Waals surface area contributed by atoms with Crippen molar-refractivity contribution in [1.29, 1.82) is 0 Å². The minimum Gasteiger partial charge on any atom is -0.398 e. The molecule has 5 nitrogen and oxygen atoms in total. The lowest BCUT2D eigenvalue weighted by Crippen LogP contribution is -2.15. The fourth-order valence-electron chi connectivity index (χ4n) is 1.46. The molecule has 6 heteroatoms. The highest BCUT2D eigenvalue weighted by molar-refractivity contribution is 8.00. The van der Waals surface area contributed by atoms with Crippen LogP contribution < -0.4 is 11.1 Å². The molecule has 0 atom stereocenters. The van der Waals surface area contributed by atoms with Gasteiger partial charge in [0.2, 0.25) is 11.9 Å². The second kappa shape index (κ2) is 6.19. The number of aromatic nitrogens is 2. The number of nitrogens with zero attached hydrogens (tertiary/aromatic N) is 2. The van der Waals surface area contributed by atoms with E-state index in [1.165, 1.54) is 11.8 Å². The van der Waals surface area contributed by atoms with Crippen LogP contribution in [0.25, 0.3) is 0 Å². The Morgan fingerprint density at radius 2 is 2.05 bits per heavy atom. The summed E-state index contributed by atoms with van der Waals surface area (Å²) >= 11 is 1.44. The highest BCUT2D eigenvalue weighted by Gasteiger charge is 2.07. The third-order valence-electron chi connectivity index (χ3n) is 2.50. The average Bonchev–Trinajstić information content (AvgIpc) is 2.42. The number of hydrogen-bond acceptors (Lipinski definition) is 5. The van der Waals surface area contributed by atoms with E-state index in [0.29, 0.717) is 11.7 Å². The van der Waals surface area contributed by atoms with E-state index in [1.807, 2.05) is 25.1 Å². The van der Waals surface area contributed by atoms with E-state index in [2.05, 4.69) is 15.3 Å². The topological polar surface area (TPSA) is 80.9 Å². The molecule has 0 bridgehead atoms. The molecule has 0 spiro atoms. The van der Waals surface area contributed by atoms with Gasteiger partial charge < -0.3 is 5.73 Å². The smallest absolute Gasteiger partial charge is 0.237 e. The van der Waals surface area contributed by atoms with Gasteiger partial charge in [-0.1, -0.05) is 6.07 Å². The molecular weight excluding hydrogens is 260 g/mol. The lowest BCUT2D eigenvalue weighted by atomic mass is 10.2. The van der Waals surface area contributed by atoms with E-state index in [-0.39, 0.29) is 5.91 Å². The number of nitrogens with two attached hydrogens (primary N) is 1. The molecule has 2 aromatic rings. The van der Waals surface area contributed by atoms with Crippen LogP contribution in [-0.2, 0) is 4.79 Å². The summed E-state index contributed by atoms with van der Waals surface area (Å²) in [6.45, 7) is 1.94. The highest BCUT2D eigenvalue weighted by Crippen LogP contribution is 2.25. The van der Waals surface area contributed by atoms with Gasteiger partial charge in [-0.05, 0) is 30.7 Å². The lowest BCUT2D eigenvalue weighted by molar-refractivity contribution is -0.113. The molecule has 0 fully saturated rings. The normalized spacial score (nSPS) is 10.2. The Morgan fingerprint density at radius 3 is 2.79 bits per heavy atom. The molecule has 1 amide bonds. The second-order valence-corrected chi connectivity index (χ2v) is 4.90. The van der Waals surface area contributed by atoms with Crippen molar-refractivity contribution in [3.05, 3.63) is 42.2 Å². The molecule has 0 aliphatic heterocycles. The molecule has 0 aliphatic rings. The lowest BCUT2D eigenvalue weighted by Gasteiger charge is -2.07. The molecule has 1 heterocycles. The Hall–Kier alpha value is -2.08. The molecule has 19 heavy (non-hydrogen) atoms. The average molecular weight is 274 g/mol. The van der Waals surface area contributed by atoms with Crippen LogP contribution in [0, 0.1) is 6.92 Å².